The first kappa shape index (κ1) is 13.1. The smallest absolute Gasteiger partial charge is 0.257 e. The molecule has 0 fully saturated rings. The van der Waals surface area contributed by atoms with E-state index in [0.717, 1.165) is 5.56 Å². The molecule has 0 spiro atoms. The van der Waals surface area contributed by atoms with Crippen molar-refractivity contribution in [1.29, 1.82) is 5.26 Å². The number of terminal acetylenes is 1. The van der Waals surface area contributed by atoms with Crippen molar-refractivity contribution < 1.29 is 4.79 Å². The van der Waals surface area contributed by atoms with Gasteiger partial charge >= 0.3 is 0 Å². The molecule has 1 aromatic rings. The number of benzene rings is 1. The van der Waals surface area contributed by atoms with Gasteiger partial charge in [0.1, 0.15) is 6.54 Å². The summed E-state index contributed by atoms with van der Waals surface area (Å²) in [4.78, 5) is 13.4. The normalized spacial score (nSPS) is 9.18. The molecule has 1 amide bonds. The van der Waals surface area contributed by atoms with Crippen LogP contribution in [0.15, 0.2) is 18.2 Å². The van der Waals surface area contributed by atoms with Crippen molar-refractivity contribution in [3.05, 3.63) is 34.3 Å². The molecule has 0 unspecified atom stereocenters. The number of rotatable bonds is 3. The van der Waals surface area contributed by atoms with E-state index in [1.54, 1.807) is 12.1 Å². The van der Waals surface area contributed by atoms with Crippen LogP contribution >= 0.6 is 11.6 Å². The van der Waals surface area contributed by atoms with Crippen LogP contribution in [0.25, 0.3) is 0 Å². The summed E-state index contributed by atoms with van der Waals surface area (Å²) in [6.07, 6.45) is 5.16. The summed E-state index contributed by atoms with van der Waals surface area (Å²) in [5, 5.41) is 9.04. The molecule has 0 radical (unpaired) electrons. The predicted molar refractivity (Wildman–Crippen MR) is 66.5 cm³/mol. The van der Waals surface area contributed by atoms with Crippen LogP contribution in [0.5, 0.6) is 0 Å². The third-order valence-electron chi connectivity index (χ3n) is 2.25. The molecule has 0 aliphatic rings. The minimum atomic E-state index is -0.321. The van der Waals surface area contributed by atoms with Gasteiger partial charge in [0.15, 0.2) is 0 Å². The van der Waals surface area contributed by atoms with E-state index in [1.165, 1.54) is 4.90 Å². The fourth-order valence-corrected chi connectivity index (χ4v) is 1.58. The molecular weight excluding hydrogens is 236 g/mol. The van der Waals surface area contributed by atoms with Crippen LogP contribution in [0.1, 0.15) is 15.9 Å². The highest BCUT2D eigenvalue weighted by Gasteiger charge is 2.17. The molecule has 17 heavy (non-hydrogen) atoms. The first-order valence-electron chi connectivity index (χ1n) is 4.96. The number of aryl methyl sites for hydroxylation is 1. The molecule has 0 atom stereocenters. The van der Waals surface area contributed by atoms with E-state index in [0.29, 0.717) is 10.6 Å². The fraction of sp³-hybridized carbons (Fsp3) is 0.231. The monoisotopic (exact) mass is 246 g/mol. The van der Waals surface area contributed by atoms with Crippen LogP contribution in [0.3, 0.4) is 0 Å². The lowest BCUT2D eigenvalue weighted by Gasteiger charge is -2.17. The topological polar surface area (TPSA) is 44.1 Å². The van der Waals surface area contributed by atoms with Crippen LogP contribution in [0.2, 0.25) is 5.02 Å². The fourth-order valence-electron chi connectivity index (χ4n) is 1.38. The second kappa shape index (κ2) is 5.94. The molecule has 3 nitrogen and oxygen atoms in total. The standard InChI is InChI=1S/C13H11ClN2O/c1-3-8-16(9-7-15)13(17)11-6-4-5-10(2)12(11)14/h1,4-6H,8-9H2,2H3. The third-order valence-corrected chi connectivity index (χ3v) is 2.75. The van der Waals surface area contributed by atoms with Crippen molar-refractivity contribution in [3.63, 3.8) is 0 Å². The lowest BCUT2D eigenvalue weighted by molar-refractivity contribution is 0.0795. The number of carbonyl (C=O) groups excluding carboxylic acids is 1. The lowest BCUT2D eigenvalue weighted by atomic mass is 10.1. The number of nitriles is 1. The molecular formula is C13H11ClN2O. The zero-order valence-corrected chi connectivity index (χ0v) is 10.2. The minimum Gasteiger partial charge on any atom is -0.314 e. The van der Waals surface area contributed by atoms with Crippen molar-refractivity contribution in [2.24, 2.45) is 0 Å². The Kier molecular flexibility index (Phi) is 4.57. The largest absolute Gasteiger partial charge is 0.314 e. The highest BCUT2D eigenvalue weighted by atomic mass is 35.5. The molecule has 1 aromatic carbocycles. The molecule has 0 heterocycles. The van der Waals surface area contributed by atoms with E-state index >= 15 is 0 Å². The van der Waals surface area contributed by atoms with Crippen LogP contribution in [-0.2, 0) is 0 Å². The Labute approximate surface area is 106 Å². The van der Waals surface area contributed by atoms with Crippen molar-refractivity contribution in [1.82, 2.24) is 4.90 Å². The van der Waals surface area contributed by atoms with Gasteiger partial charge in [-0.2, -0.15) is 5.26 Å². The molecule has 0 N–H and O–H groups in total. The highest BCUT2D eigenvalue weighted by molar-refractivity contribution is 6.34. The van der Waals surface area contributed by atoms with Crippen LogP contribution in [0.4, 0.5) is 0 Å². The molecule has 0 aliphatic carbocycles. The van der Waals surface area contributed by atoms with Gasteiger partial charge in [-0.1, -0.05) is 29.7 Å². The molecule has 0 aliphatic heterocycles. The first-order chi connectivity index (χ1) is 8.11. The molecule has 0 saturated carbocycles. The summed E-state index contributed by atoms with van der Waals surface area (Å²) in [6.45, 7) is 1.86. The number of hydrogen-bond donors (Lipinski definition) is 0. The number of carbonyl (C=O) groups is 1. The summed E-state index contributed by atoms with van der Waals surface area (Å²) >= 11 is 6.05. The Morgan fingerprint density at radius 3 is 2.82 bits per heavy atom. The maximum absolute atomic E-state index is 12.1. The molecule has 1 rings (SSSR count). The average Bonchev–Trinajstić information content (AvgIpc) is 2.31. The molecule has 4 heteroatoms. The number of halogens is 1. The van der Waals surface area contributed by atoms with Gasteiger partial charge in [0, 0.05) is 0 Å². The molecule has 86 valence electrons. The van der Waals surface area contributed by atoms with Crippen molar-refractivity contribution in [3.8, 4) is 18.4 Å². The summed E-state index contributed by atoms with van der Waals surface area (Å²) in [5.74, 6) is 2.03. The van der Waals surface area contributed by atoms with Gasteiger partial charge in [0.05, 0.1) is 23.2 Å². The first-order valence-corrected chi connectivity index (χ1v) is 5.34. The number of hydrogen-bond acceptors (Lipinski definition) is 2. The third kappa shape index (κ3) is 3.00. The van der Waals surface area contributed by atoms with E-state index in [-0.39, 0.29) is 19.0 Å². The van der Waals surface area contributed by atoms with Gasteiger partial charge in [0.2, 0.25) is 0 Å². The summed E-state index contributed by atoms with van der Waals surface area (Å²) < 4.78 is 0. The number of nitrogens with zero attached hydrogens (tertiary/aromatic N) is 2. The van der Waals surface area contributed by atoms with E-state index in [9.17, 15) is 4.79 Å². The van der Waals surface area contributed by atoms with Crippen molar-refractivity contribution in [2.45, 2.75) is 6.92 Å². The lowest BCUT2D eigenvalue weighted by Crippen LogP contribution is -2.32. The SMILES string of the molecule is C#CCN(CC#N)C(=O)c1cccc(C)c1Cl. The second-order valence-corrected chi connectivity index (χ2v) is 3.84. The van der Waals surface area contributed by atoms with Gasteiger partial charge in [-0.25, -0.2) is 0 Å². The van der Waals surface area contributed by atoms with Gasteiger partial charge in [-0.05, 0) is 18.6 Å². The van der Waals surface area contributed by atoms with Crippen molar-refractivity contribution >= 4 is 17.5 Å². The Morgan fingerprint density at radius 1 is 1.53 bits per heavy atom. The Hall–Kier alpha value is -1.97. The van der Waals surface area contributed by atoms with E-state index in [1.807, 2.05) is 19.1 Å². The van der Waals surface area contributed by atoms with E-state index in [4.69, 9.17) is 23.3 Å². The Bertz CT molecular complexity index is 495. The van der Waals surface area contributed by atoms with Crippen LogP contribution in [-0.4, -0.2) is 23.9 Å². The second-order valence-electron chi connectivity index (χ2n) is 3.46. The molecule has 0 bridgehead atoms. The van der Waals surface area contributed by atoms with E-state index < -0.39 is 0 Å². The van der Waals surface area contributed by atoms with Gasteiger partial charge < -0.3 is 4.90 Å². The number of amides is 1. The maximum atomic E-state index is 12.1. The predicted octanol–water partition coefficient (Wildman–Crippen LogP) is 2.25. The van der Waals surface area contributed by atoms with E-state index in [2.05, 4.69) is 5.92 Å². The zero-order valence-electron chi connectivity index (χ0n) is 9.40. The van der Waals surface area contributed by atoms with Crippen LogP contribution in [0, 0.1) is 30.6 Å². The highest BCUT2D eigenvalue weighted by Crippen LogP contribution is 2.21. The summed E-state index contributed by atoms with van der Waals surface area (Å²) in [5.41, 5.74) is 1.19. The average molecular weight is 247 g/mol. The maximum Gasteiger partial charge on any atom is 0.257 e. The van der Waals surface area contributed by atoms with Crippen molar-refractivity contribution in [2.75, 3.05) is 13.1 Å². The quantitative estimate of drug-likeness (QED) is 0.607. The minimum absolute atomic E-state index is 0.0483. The van der Waals surface area contributed by atoms with Gasteiger partial charge in [0.25, 0.3) is 5.91 Å². The zero-order chi connectivity index (χ0) is 12.8. The Morgan fingerprint density at radius 2 is 2.24 bits per heavy atom. The molecule has 0 saturated heterocycles. The Balaban J connectivity index is 3.07. The van der Waals surface area contributed by atoms with Crippen LogP contribution < -0.4 is 0 Å². The summed E-state index contributed by atoms with van der Waals surface area (Å²) in [7, 11) is 0. The van der Waals surface area contributed by atoms with Gasteiger partial charge in [-0.15, -0.1) is 6.42 Å². The van der Waals surface area contributed by atoms with Gasteiger partial charge in [-0.3, -0.25) is 4.79 Å². The summed E-state index contributed by atoms with van der Waals surface area (Å²) in [6, 6.07) is 7.09. The molecule has 0 aromatic heterocycles.